The highest BCUT2D eigenvalue weighted by Gasteiger charge is 2.26. The van der Waals surface area contributed by atoms with E-state index in [4.69, 9.17) is 9.47 Å². The van der Waals surface area contributed by atoms with E-state index in [1.54, 1.807) is 0 Å². The molecule has 0 spiro atoms. The van der Waals surface area contributed by atoms with Crippen molar-refractivity contribution in [3.05, 3.63) is 47.6 Å². The first-order valence-corrected chi connectivity index (χ1v) is 7.81. The van der Waals surface area contributed by atoms with Gasteiger partial charge < -0.3 is 14.4 Å². The number of aliphatic imine (C=N–C) groups is 1. The van der Waals surface area contributed by atoms with Crippen molar-refractivity contribution >= 4 is 28.9 Å². The van der Waals surface area contributed by atoms with E-state index in [0.717, 1.165) is 23.8 Å². The van der Waals surface area contributed by atoms with Crippen molar-refractivity contribution in [2.24, 2.45) is 4.99 Å². The monoisotopic (exact) mass is 316 g/mol. The number of nitrogens with zero attached hydrogens (tertiary/aromatic N) is 2. The van der Waals surface area contributed by atoms with Crippen LogP contribution in [-0.4, -0.2) is 42.3 Å². The van der Waals surface area contributed by atoms with E-state index < -0.39 is 0 Å². The van der Waals surface area contributed by atoms with Crippen molar-refractivity contribution in [3.8, 4) is 5.75 Å². The lowest BCUT2D eigenvalue weighted by molar-refractivity contribution is -0.113. The van der Waals surface area contributed by atoms with Crippen LogP contribution in [0.25, 0.3) is 6.08 Å². The summed E-state index contributed by atoms with van der Waals surface area (Å²) in [7, 11) is 0. The van der Waals surface area contributed by atoms with Crippen LogP contribution in [0.15, 0.2) is 47.0 Å². The standard InChI is InChI=1S/C16H16N2O3S/c1-2-21-13-5-3-12(4-6-13)11-14-15(19)17-16(22-14)18-7-9-20-10-8-18/h2-6,11H,1,7-10H2. The number of amides is 1. The van der Waals surface area contributed by atoms with Gasteiger partial charge in [-0.3, -0.25) is 4.79 Å². The first-order valence-electron chi connectivity index (χ1n) is 6.99. The van der Waals surface area contributed by atoms with Gasteiger partial charge in [0.15, 0.2) is 5.17 Å². The molecule has 3 rings (SSSR count). The molecule has 0 unspecified atom stereocenters. The fourth-order valence-corrected chi connectivity index (χ4v) is 3.14. The Morgan fingerprint density at radius 3 is 2.68 bits per heavy atom. The molecule has 2 aliphatic heterocycles. The Hall–Kier alpha value is -2.05. The fourth-order valence-electron chi connectivity index (χ4n) is 2.18. The highest BCUT2D eigenvalue weighted by atomic mass is 32.2. The minimum atomic E-state index is -0.182. The Kier molecular flexibility index (Phi) is 4.60. The summed E-state index contributed by atoms with van der Waals surface area (Å²) in [5.41, 5.74) is 0.936. The molecule has 1 saturated heterocycles. The Balaban J connectivity index is 1.70. The molecule has 0 aliphatic carbocycles. The lowest BCUT2D eigenvalue weighted by Gasteiger charge is -2.27. The lowest BCUT2D eigenvalue weighted by Crippen LogP contribution is -2.38. The van der Waals surface area contributed by atoms with Crippen molar-refractivity contribution < 1.29 is 14.3 Å². The van der Waals surface area contributed by atoms with Gasteiger partial charge in [-0.25, -0.2) is 0 Å². The molecule has 1 aromatic carbocycles. The second kappa shape index (κ2) is 6.81. The highest BCUT2D eigenvalue weighted by molar-refractivity contribution is 8.18. The zero-order valence-electron chi connectivity index (χ0n) is 12.0. The molecule has 2 heterocycles. The second-order valence-corrected chi connectivity index (χ2v) is 5.77. The third kappa shape index (κ3) is 3.40. The van der Waals surface area contributed by atoms with Gasteiger partial charge in [-0.15, -0.1) is 0 Å². The van der Waals surface area contributed by atoms with Gasteiger partial charge in [-0.1, -0.05) is 18.7 Å². The van der Waals surface area contributed by atoms with Gasteiger partial charge >= 0.3 is 0 Å². The third-order valence-electron chi connectivity index (χ3n) is 3.29. The van der Waals surface area contributed by atoms with Crippen LogP contribution in [0.4, 0.5) is 0 Å². The largest absolute Gasteiger partial charge is 0.466 e. The Morgan fingerprint density at radius 1 is 1.27 bits per heavy atom. The van der Waals surface area contributed by atoms with E-state index in [-0.39, 0.29) is 5.91 Å². The number of carbonyl (C=O) groups excluding carboxylic acids is 1. The zero-order valence-corrected chi connectivity index (χ0v) is 12.8. The Labute approximate surface area is 133 Å². The molecule has 1 amide bonds. The first kappa shape index (κ1) is 14.9. The van der Waals surface area contributed by atoms with E-state index in [1.807, 2.05) is 30.3 Å². The smallest absolute Gasteiger partial charge is 0.286 e. The molecule has 114 valence electrons. The predicted molar refractivity (Wildman–Crippen MR) is 87.7 cm³/mol. The summed E-state index contributed by atoms with van der Waals surface area (Å²) >= 11 is 1.42. The van der Waals surface area contributed by atoms with E-state index in [2.05, 4.69) is 16.5 Å². The molecule has 1 aromatic rings. The summed E-state index contributed by atoms with van der Waals surface area (Å²) in [6.45, 7) is 6.43. The number of hydrogen-bond acceptors (Lipinski definition) is 5. The molecule has 6 heteroatoms. The van der Waals surface area contributed by atoms with Crippen molar-refractivity contribution in [2.45, 2.75) is 0 Å². The van der Waals surface area contributed by atoms with Gasteiger partial charge in [-0.2, -0.15) is 4.99 Å². The number of carbonyl (C=O) groups is 1. The molecule has 0 saturated carbocycles. The van der Waals surface area contributed by atoms with E-state index >= 15 is 0 Å². The third-order valence-corrected chi connectivity index (χ3v) is 4.33. The molecule has 0 radical (unpaired) electrons. The Morgan fingerprint density at radius 2 is 2.00 bits per heavy atom. The van der Waals surface area contributed by atoms with Gasteiger partial charge in [0.1, 0.15) is 5.75 Å². The number of ether oxygens (including phenoxy) is 2. The minimum Gasteiger partial charge on any atom is -0.466 e. The summed E-state index contributed by atoms with van der Waals surface area (Å²) in [5.74, 6) is 0.533. The molecule has 0 N–H and O–H groups in total. The van der Waals surface area contributed by atoms with Crippen LogP contribution < -0.4 is 4.74 Å². The number of benzene rings is 1. The minimum absolute atomic E-state index is 0.182. The molecular weight excluding hydrogens is 300 g/mol. The van der Waals surface area contributed by atoms with Crippen LogP contribution >= 0.6 is 11.8 Å². The van der Waals surface area contributed by atoms with Crippen molar-refractivity contribution in [1.29, 1.82) is 0 Å². The number of thioether (sulfide) groups is 1. The molecular formula is C16H16N2O3S. The topological polar surface area (TPSA) is 51.1 Å². The van der Waals surface area contributed by atoms with Gasteiger partial charge in [0.25, 0.3) is 5.91 Å². The van der Waals surface area contributed by atoms with Gasteiger partial charge in [0, 0.05) is 13.1 Å². The molecule has 5 nitrogen and oxygen atoms in total. The van der Waals surface area contributed by atoms with Crippen molar-refractivity contribution in [3.63, 3.8) is 0 Å². The maximum absolute atomic E-state index is 12.0. The quantitative estimate of drug-likeness (QED) is 0.633. The van der Waals surface area contributed by atoms with Crippen molar-refractivity contribution in [1.82, 2.24) is 4.90 Å². The van der Waals surface area contributed by atoms with Crippen LogP contribution in [0, 0.1) is 0 Å². The number of morpholine rings is 1. The number of rotatable bonds is 3. The van der Waals surface area contributed by atoms with Crippen LogP contribution in [0.2, 0.25) is 0 Å². The van der Waals surface area contributed by atoms with Gasteiger partial charge in [0.05, 0.1) is 24.4 Å². The average Bonchev–Trinajstić information content (AvgIpc) is 2.91. The number of amidine groups is 1. The van der Waals surface area contributed by atoms with E-state index in [9.17, 15) is 4.79 Å². The van der Waals surface area contributed by atoms with Crippen LogP contribution in [0.5, 0.6) is 5.75 Å². The fraction of sp³-hybridized carbons (Fsp3) is 0.250. The summed E-state index contributed by atoms with van der Waals surface area (Å²) < 4.78 is 10.5. The van der Waals surface area contributed by atoms with Crippen LogP contribution in [0.1, 0.15) is 5.56 Å². The molecule has 1 fully saturated rings. The first-order chi connectivity index (χ1) is 10.8. The lowest BCUT2D eigenvalue weighted by atomic mass is 10.2. The van der Waals surface area contributed by atoms with Crippen molar-refractivity contribution in [2.75, 3.05) is 26.3 Å². The predicted octanol–water partition coefficient (Wildman–Crippen LogP) is 2.51. The summed E-state index contributed by atoms with van der Waals surface area (Å²) in [4.78, 5) is 18.9. The zero-order chi connectivity index (χ0) is 15.4. The second-order valence-electron chi connectivity index (χ2n) is 4.76. The summed E-state index contributed by atoms with van der Waals surface area (Å²) in [6, 6.07) is 7.46. The summed E-state index contributed by atoms with van der Waals surface area (Å²) in [6.07, 6.45) is 3.23. The Bertz CT molecular complexity index is 631. The maximum atomic E-state index is 12.0. The molecule has 0 atom stereocenters. The maximum Gasteiger partial charge on any atom is 0.286 e. The van der Waals surface area contributed by atoms with Crippen LogP contribution in [-0.2, 0) is 9.53 Å². The molecule has 22 heavy (non-hydrogen) atoms. The van der Waals surface area contributed by atoms with Gasteiger partial charge in [-0.05, 0) is 35.5 Å². The number of hydrogen-bond donors (Lipinski definition) is 0. The van der Waals surface area contributed by atoms with E-state index in [1.165, 1.54) is 18.0 Å². The molecule has 0 aromatic heterocycles. The van der Waals surface area contributed by atoms with Crippen LogP contribution in [0.3, 0.4) is 0 Å². The van der Waals surface area contributed by atoms with E-state index in [0.29, 0.717) is 23.9 Å². The van der Waals surface area contributed by atoms with Gasteiger partial charge in [0.2, 0.25) is 0 Å². The molecule has 0 bridgehead atoms. The molecule has 2 aliphatic rings. The normalized spacial score (nSPS) is 20.2. The average molecular weight is 316 g/mol. The summed E-state index contributed by atoms with van der Waals surface area (Å²) in [5, 5.41) is 0.770. The highest BCUT2D eigenvalue weighted by Crippen LogP contribution is 2.30. The SMILES string of the molecule is C=COc1ccc(C=C2SC(N3CCOCC3)=NC2=O)cc1.